The van der Waals surface area contributed by atoms with Crippen LogP contribution in [0.1, 0.15) is 36.0 Å². The minimum absolute atomic E-state index is 0.0641. The molecule has 0 radical (unpaired) electrons. The molecule has 0 bridgehead atoms. The van der Waals surface area contributed by atoms with Gasteiger partial charge in [-0.1, -0.05) is 72.8 Å². The number of urea groups is 1. The van der Waals surface area contributed by atoms with Crippen molar-refractivity contribution in [1.82, 2.24) is 4.90 Å². The molecular formula is C31H30F2N2O2. The summed E-state index contributed by atoms with van der Waals surface area (Å²) in [6.07, 6.45) is 0.657. The number of rotatable bonds is 10. The number of halogens is 2. The minimum Gasteiger partial charge on any atom is -0.494 e. The lowest BCUT2D eigenvalue weighted by atomic mass is 9.88. The molecule has 4 aromatic carbocycles. The molecule has 2 amide bonds. The first-order valence-corrected chi connectivity index (χ1v) is 12.4. The highest BCUT2D eigenvalue weighted by molar-refractivity contribution is 5.89. The summed E-state index contributed by atoms with van der Waals surface area (Å²) in [4.78, 5) is 15.0. The number of carbonyl (C=O) groups is 1. The molecule has 0 saturated carbocycles. The molecule has 0 fully saturated rings. The summed E-state index contributed by atoms with van der Waals surface area (Å²) in [6, 6.07) is 30.5. The predicted molar refractivity (Wildman–Crippen MR) is 143 cm³/mol. The molecule has 0 spiro atoms. The smallest absolute Gasteiger partial charge is 0.322 e. The molecule has 0 aliphatic heterocycles. The maximum Gasteiger partial charge on any atom is 0.322 e. The number of benzene rings is 4. The van der Waals surface area contributed by atoms with Gasteiger partial charge in [0, 0.05) is 25.1 Å². The lowest BCUT2D eigenvalue weighted by Gasteiger charge is -2.26. The number of carbonyl (C=O) groups excluding carboxylic acids is 1. The van der Waals surface area contributed by atoms with Gasteiger partial charge in [0.05, 0.1) is 12.3 Å². The van der Waals surface area contributed by atoms with Crippen molar-refractivity contribution in [2.24, 2.45) is 0 Å². The maximum absolute atomic E-state index is 14.3. The van der Waals surface area contributed by atoms with Gasteiger partial charge >= 0.3 is 6.03 Å². The van der Waals surface area contributed by atoms with E-state index in [0.717, 1.165) is 34.6 Å². The van der Waals surface area contributed by atoms with Crippen molar-refractivity contribution in [1.29, 1.82) is 0 Å². The molecule has 190 valence electrons. The van der Waals surface area contributed by atoms with Crippen molar-refractivity contribution < 1.29 is 18.3 Å². The second-order valence-corrected chi connectivity index (χ2v) is 8.72. The van der Waals surface area contributed by atoms with E-state index in [1.165, 1.54) is 6.07 Å². The second-order valence-electron chi connectivity index (χ2n) is 8.72. The van der Waals surface area contributed by atoms with E-state index in [9.17, 15) is 13.6 Å². The van der Waals surface area contributed by atoms with E-state index in [4.69, 9.17) is 4.74 Å². The van der Waals surface area contributed by atoms with Crippen LogP contribution in [0.15, 0.2) is 103 Å². The van der Waals surface area contributed by atoms with E-state index in [2.05, 4.69) is 29.6 Å². The standard InChI is InChI=1S/C31H30F2N2O2/c1-2-37-27-16-13-23(14-17-27)22-35(31(36)34-30-18-15-26(32)21-29(30)33)20-19-28(24-9-5-3-6-10-24)25-11-7-4-8-12-25/h3-18,21,28H,2,19-20,22H2,1H3,(H,34,36). The van der Waals surface area contributed by atoms with E-state index in [-0.39, 0.29) is 11.6 Å². The van der Waals surface area contributed by atoms with Crippen molar-refractivity contribution in [2.75, 3.05) is 18.5 Å². The predicted octanol–water partition coefficient (Wildman–Crippen LogP) is 7.62. The molecule has 6 heteroatoms. The Morgan fingerprint density at radius 1 is 0.865 bits per heavy atom. The molecule has 0 aliphatic rings. The zero-order valence-electron chi connectivity index (χ0n) is 20.7. The van der Waals surface area contributed by atoms with Crippen LogP contribution in [-0.2, 0) is 6.54 Å². The van der Waals surface area contributed by atoms with Gasteiger partial charge in [-0.2, -0.15) is 0 Å². The van der Waals surface area contributed by atoms with Gasteiger partial charge < -0.3 is 15.0 Å². The van der Waals surface area contributed by atoms with Gasteiger partial charge in [-0.15, -0.1) is 0 Å². The Hall–Kier alpha value is -4.19. The molecule has 4 nitrogen and oxygen atoms in total. The van der Waals surface area contributed by atoms with Crippen LogP contribution in [0, 0.1) is 11.6 Å². The van der Waals surface area contributed by atoms with Crippen LogP contribution in [0.4, 0.5) is 19.3 Å². The van der Waals surface area contributed by atoms with Crippen molar-refractivity contribution in [2.45, 2.75) is 25.8 Å². The number of hydrogen-bond acceptors (Lipinski definition) is 2. The number of nitrogens with zero attached hydrogens (tertiary/aromatic N) is 1. The molecule has 0 atom stereocenters. The van der Waals surface area contributed by atoms with Crippen LogP contribution in [0.25, 0.3) is 0 Å². The number of nitrogens with one attached hydrogen (secondary N) is 1. The van der Waals surface area contributed by atoms with Gasteiger partial charge in [0.2, 0.25) is 0 Å². The third kappa shape index (κ3) is 7.17. The largest absolute Gasteiger partial charge is 0.494 e. The molecule has 0 saturated heterocycles. The Bertz CT molecular complexity index is 1240. The summed E-state index contributed by atoms with van der Waals surface area (Å²) in [6.45, 7) is 3.22. The second kappa shape index (κ2) is 12.7. The lowest BCUT2D eigenvalue weighted by molar-refractivity contribution is 0.207. The summed E-state index contributed by atoms with van der Waals surface area (Å²) in [7, 11) is 0. The van der Waals surface area contributed by atoms with Crippen LogP contribution in [0.2, 0.25) is 0 Å². The zero-order chi connectivity index (χ0) is 26.0. The average Bonchev–Trinajstić information content (AvgIpc) is 2.92. The molecule has 0 aliphatic carbocycles. The van der Waals surface area contributed by atoms with Crippen LogP contribution >= 0.6 is 0 Å². The molecule has 1 N–H and O–H groups in total. The number of amides is 2. The Labute approximate surface area is 216 Å². The Kier molecular flexibility index (Phi) is 8.87. The third-order valence-corrected chi connectivity index (χ3v) is 6.16. The number of hydrogen-bond donors (Lipinski definition) is 1. The van der Waals surface area contributed by atoms with Crippen LogP contribution in [0.5, 0.6) is 5.75 Å². The first-order valence-electron chi connectivity index (χ1n) is 12.4. The Morgan fingerprint density at radius 3 is 2.05 bits per heavy atom. The molecule has 4 aromatic rings. The van der Waals surface area contributed by atoms with Crippen LogP contribution in [-0.4, -0.2) is 24.1 Å². The SMILES string of the molecule is CCOc1ccc(CN(CCC(c2ccccc2)c2ccccc2)C(=O)Nc2ccc(F)cc2F)cc1. The molecule has 37 heavy (non-hydrogen) atoms. The first kappa shape index (κ1) is 25.9. The highest BCUT2D eigenvalue weighted by Gasteiger charge is 2.20. The van der Waals surface area contributed by atoms with Gasteiger partial charge in [-0.25, -0.2) is 13.6 Å². The monoisotopic (exact) mass is 500 g/mol. The molecule has 0 aromatic heterocycles. The van der Waals surface area contributed by atoms with E-state index in [1.54, 1.807) is 4.90 Å². The van der Waals surface area contributed by atoms with Crippen LogP contribution in [0.3, 0.4) is 0 Å². The Morgan fingerprint density at radius 2 is 1.49 bits per heavy atom. The minimum atomic E-state index is -0.819. The molecular weight excluding hydrogens is 470 g/mol. The van der Waals surface area contributed by atoms with Gasteiger partial charge in [0.1, 0.15) is 17.4 Å². The van der Waals surface area contributed by atoms with Crippen LogP contribution < -0.4 is 10.1 Å². The summed E-state index contributed by atoms with van der Waals surface area (Å²) in [5.41, 5.74) is 3.15. The highest BCUT2D eigenvalue weighted by atomic mass is 19.1. The first-order chi connectivity index (χ1) is 18.0. The fourth-order valence-electron chi connectivity index (χ4n) is 4.30. The topological polar surface area (TPSA) is 41.6 Å². The molecule has 0 unspecified atom stereocenters. The summed E-state index contributed by atoms with van der Waals surface area (Å²) in [5, 5.41) is 2.61. The maximum atomic E-state index is 14.3. The number of anilines is 1. The van der Waals surface area contributed by atoms with Crippen molar-refractivity contribution in [3.05, 3.63) is 131 Å². The van der Waals surface area contributed by atoms with E-state index < -0.39 is 17.7 Å². The summed E-state index contributed by atoms with van der Waals surface area (Å²) in [5.74, 6) is -0.694. The summed E-state index contributed by atoms with van der Waals surface area (Å²) >= 11 is 0. The fraction of sp³-hybridized carbons (Fsp3) is 0.194. The van der Waals surface area contributed by atoms with Gasteiger partial charge in [-0.3, -0.25) is 0 Å². The van der Waals surface area contributed by atoms with Crippen molar-refractivity contribution in [3.63, 3.8) is 0 Å². The van der Waals surface area contributed by atoms with Gasteiger partial charge in [-0.05, 0) is 54.3 Å². The zero-order valence-corrected chi connectivity index (χ0v) is 20.7. The average molecular weight is 501 g/mol. The van der Waals surface area contributed by atoms with E-state index in [0.29, 0.717) is 26.1 Å². The lowest BCUT2D eigenvalue weighted by Crippen LogP contribution is -2.36. The fourth-order valence-corrected chi connectivity index (χ4v) is 4.30. The number of ether oxygens (including phenoxy) is 1. The quantitative estimate of drug-likeness (QED) is 0.243. The van der Waals surface area contributed by atoms with Gasteiger partial charge in [0.25, 0.3) is 0 Å². The van der Waals surface area contributed by atoms with E-state index >= 15 is 0 Å². The molecule has 0 heterocycles. The third-order valence-electron chi connectivity index (χ3n) is 6.16. The normalized spacial score (nSPS) is 10.8. The van der Waals surface area contributed by atoms with E-state index in [1.807, 2.05) is 67.6 Å². The van der Waals surface area contributed by atoms with Crippen molar-refractivity contribution in [3.8, 4) is 5.75 Å². The highest BCUT2D eigenvalue weighted by Crippen LogP contribution is 2.29. The molecule has 4 rings (SSSR count). The Balaban J connectivity index is 1.57. The van der Waals surface area contributed by atoms with Gasteiger partial charge in [0.15, 0.2) is 0 Å². The summed E-state index contributed by atoms with van der Waals surface area (Å²) < 4.78 is 33.2. The van der Waals surface area contributed by atoms with Crippen molar-refractivity contribution >= 4 is 11.7 Å².